The molecular formula is C12H16ClFN2O3S. The van der Waals surface area contributed by atoms with Crippen molar-refractivity contribution in [1.82, 2.24) is 4.31 Å². The molecule has 3 N–H and O–H groups in total. The van der Waals surface area contributed by atoms with Gasteiger partial charge in [-0.1, -0.05) is 17.7 Å². The largest absolute Gasteiger partial charge is 0.395 e. The van der Waals surface area contributed by atoms with E-state index in [4.69, 9.17) is 22.4 Å². The Hall–Kier alpha value is -0.990. The molecular weight excluding hydrogens is 307 g/mol. The predicted molar refractivity (Wildman–Crippen MR) is 75.3 cm³/mol. The Balaban J connectivity index is 3.40. The molecule has 0 unspecified atom stereocenters. The SMILES string of the molecule is C=CCN(CCO)S(=O)(=O)c1cc(Cl)cc(CN)c1F. The zero-order valence-electron chi connectivity index (χ0n) is 10.7. The van der Waals surface area contributed by atoms with Crippen LogP contribution in [0.15, 0.2) is 29.7 Å². The predicted octanol–water partition coefficient (Wildman–Crippen LogP) is 1.11. The van der Waals surface area contributed by atoms with Gasteiger partial charge in [0.2, 0.25) is 10.0 Å². The first-order chi connectivity index (χ1) is 9.38. The number of nitrogens with zero attached hydrogens (tertiary/aromatic N) is 1. The minimum absolute atomic E-state index is 0.0126. The number of benzene rings is 1. The fraction of sp³-hybridized carbons (Fsp3) is 0.333. The van der Waals surface area contributed by atoms with Crippen LogP contribution in [0.4, 0.5) is 4.39 Å². The second-order valence-corrected chi connectivity index (χ2v) is 6.30. The summed E-state index contributed by atoms with van der Waals surface area (Å²) in [6, 6.07) is 2.30. The standard InChI is InChI=1S/C12H16ClFN2O3S/c1-2-3-16(4-5-17)20(18,19)11-7-10(13)6-9(8-15)12(11)14/h2,6-7,17H,1,3-5,8,15H2. The van der Waals surface area contributed by atoms with Gasteiger partial charge in [0.1, 0.15) is 10.7 Å². The van der Waals surface area contributed by atoms with Crippen LogP contribution in [0.1, 0.15) is 5.56 Å². The third-order valence-electron chi connectivity index (χ3n) is 2.60. The van der Waals surface area contributed by atoms with Gasteiger partial charge >= 0.3 is 0 Å². The lowest BCUT2D eigenvalue weighted by atomic mass is 10.2. The highest BCUT2D eigenvalue weighted by Crippen LogP contribution is 2.26. The summed E-state index contributed by atoms with van der Waals surface area (Å²) in [6.07, 6.45) is 1.35. The van der Waals surface area contributed by atoms with Gasteiger partial charge < -0.3 is 10.8 Å². The van der Waals surface area contributed by atoms with Crippen LogP contribution < -0.4 is 5.73 Å². The Labute approximate surface area is 122 Å². The molecule has 0 saturated carbocycles. The summed E-state index contributed by atoms with van der Waals surface area (Å²) in [5.41, 5.74) is 5.37. The molecule has 1 aromatic carbocycles. The van der Waals surface area contributed by atoms with Gasteiger partial charge in [-0.05, 0) is 12.1 Å². The van der Waals surface area contributed by atoms with Gasteiger partial charge in [0.15, 0.2) is 0 Å². The minimum atomic E-state index is -4.12. The van der Waals surface area contributed by atoms with Gasteiger partial charge in [-0.25, -0.2) is 12.8 Å². The van der Waals surface area contributed by atoms with E-state index in [1.54, 1.807) is 0 Å². The van der Waals surface area contributed by atoms with Crippen LogP contribution >= 0.6 is 11.6 Å². The van der Waals surface area contributed by atoms with E-state index in [0.29, 0.717) is 0 Å². The fourth-order valence-corrected chi connectivity index (χ4v) is 3.50. The van der Waals surface area contributed by atoms with Crippen molar-refractivity contribution in [2.45, 2.75) is 11.4 Å². The average Bonchev–Trinajstić information content (AvgIpc) is 2.40. The molecule has 112 valence electrons. The number of nitrogens with two attached hydrogens (primary N) is 1. The quantitative estimate of drug-likeness (QED) is 0.737. The number of aliphatic hydroxyl groups excluding tert-OH is 1. The molecule has 1 aromatic rings. The Morgan fingerprint density at radius 1 is 1.50 bits per heavy atom. The third-order valence-corrected chi connectivity index (χ3v) is 4.68. The molecule has 0 aromatic heterocycles. The summed E-state index contributed by atoms with van der Waals surface area (Å²) in [5, 5.41) is 8.99. The first-order valence-electron chi connectivity index (χ1n) is 5.78. The van der Waals surface area contributed by atoms with Crippen molar-refractivity contribution in [2.75, 3.05) is 19.7 Å². The van der Waals surface area contributed by atoms with Crippen LogP contribution in [-0.4, -0.2) is 37.5 Å². The fourth-order valence-electron chi connectivity index (χ4n) is 1.66. The van der Waals surface area contributed by atoms with E-state index in [1.165, 1.54) is 12.1 Å². The van der Waals surface area contributed by atoms with Crippen LogP contribution in [-0.2, 0) is 16.6 Å². The molecule has 0 atom stereocenters. The Morgan fingerprint density at radius 2 is 2.15 bits per heavy atom. The molecule has 0 aliphatic carbocycles. The first kappa shape index (κ1) is 17.1. The summed E-state index contributed by atoms with van der Waals surface area (Å²) in [5.74, 6) is -0.927. The maximum atomic E-state index is 14.2. The van der Waals surface area contributed by atoms with Gasteiger partial charge in [0.25, 0.3) is 0 Å². The lowest BCUT2D eigenvalue weighted by Crippen LogP contribution is -2.34. The van der Waals surface area contributed by atoms with Crippen molar-refractivity contribution >= 4 is 21.6 Å². The molecule has 0 amide bonds. The molecule has 0 fully saturated rings. The monoisotopic (exact) mass is 322 g/mol. The highest BCUT2D eigenvalue weighted by atomic mass is 35.5. The van der Waals surface area contributed by atoms with Crippen molar-refractivity contribution < 1.29 is 17.9 Å². The minimum Gasteiger partial charge on any atom is -0.395 e. The van der Waals surface area contributed by atoms with Crippen molar-refractivity contribution in [3.05, 3.63) is 41.2 Å². The highest BCUT2D eigenvalue weighted by molar-refractivity contribution is 7.89. The van der Waals surface area contributed by atoms with Crippen LogP contribution in [0.5, 0.6) is 0 Å². The van der Waals surface area contributed by atoms with E-state index in [9.17, 15) is 12.8 Å². The van der Waals surface area contributed by atoms with Crippen molar-refractivity contribution in [1.29, 1.82) is 0 Å². The zero-order chi connectivity index (χ0) is 15.3. The number of hydrogen-bond acceptors (Lipinski definition) is 4. The van der Waals surface area contributed by atoms with Crippen molar-refractivity contribution in [2.24, 2.45) is 5.73 Å². The molecule has 0 heterocycles. The van der Waals surface area contributed by atoms with Gasteiger partial charge in [0, 0.05) is 30.2 Å². The smallest absolute Gasteiger partial charge is 0.246 e. The van der Waals surface area contributed by atoms with Gasteiger partial charge in [-0.15, -0.1) is 6.58 Å². The van der Waals surface area contributed by atoms with E-state index in [-0.39, 0.29) is 36.8 Å². The van der Waals surface area contributed by atoms with Crippen LogP contribution in [0.2, 0.25) is 5.02 Å². The number of aliphatic hydroxyl groups is 1. The second kappa shape index (κ2) is 7.14. The average molecular weight is 323 g/mol. The van der Waals surface area contributed by atoms with Crippen molar-refractivity contribution in [3.8, 4) is 0 Å². The normalized spacial score (nSPS) is 11.8. The van der Waals surface area contributed by atoms with E-state index in [2.05, 4.69) is 6.58 Å². The summed E-state index contributed by atoms with van der Waals surface area (Å²) >= 11 is 5.79. The van der Waals surface area contributed by atoms with Crippen molar-refractivity contribution in [3.63, 3.8) is 0 Å². The summed E-state index contributed by atoms with van der Waals surface area (Å²) in [7, 11) is -4.12. The number of rotatable bonds is 7. The maximum Gasteiger partial charge on any atom is 0.246 e. The lowest BCUT2D eigenvalue weighted by molar-refractivity contribution is 0.260. The molecule has 20 heavy (non-hydrogen) atoms. The third kappa shape index (κ3) is 3.56. The molecule has 5 nitrogen and oxygen atoms in total. The number of halogens is 2. The molecule has 0 aliphatic rings. The van der Waals surface area contributed by atoms with E-state index >= 15 is 0 Å². The molecule has 0 saturated heterocycles. The first-order valence-corrected chi connectivity index (χ1v) is 7.60. The number of hydrogen-bond donors (Lipinski definition) is 2. The van der Waals surface area contributed by atoms with E-state index < -0.39 is 20.7 Å². The second-order valence-electron chi connectivity index (χ2n) is 3.96. The number of sulfonamides is 1. The Bertz CT molecular complexity index is 593. The van der Waals surface area contributed by atoms with Gasteiger partial charge in [-0.3, -0.25) is 0 Å². The van der Waals surface area contributed by atoms with Crippen LogP contribution in [0.25, 0.3) is 0 Å². The van der Waals surface area contributed by atoms with Gasteiger partial charge in [-0.2, -0.15) is 4.31 Å². The molecule has 1 rings (SSSR count). The maximum absolute atomic E-state index is 14.2. The summed E-state index contributed by atoms with van der Waals surface area (Å²) < 4.78 is 39.8. The van der Waals surface area contributed by atoms with Gasteiger partial charge in [0.05, 0.1) is 6.61 Å². The summed E-state index contributed by atoms with van der Waals surface area (Å²) in [6.45, 7) is 2.66. The van der Waals surface area contributed by atoms with E-state index in [1.807, 2.05) is 0 Å². The Morgan fingerprint density at radius 3 is 2.65 bits per heavy atom. The summed E-state index contributed by atoms with van der Waals surface area (Å²) in [4.78, 5) is -0.555. The molecule has 0 bridgehead atoms. The molecule has 8 heteroatoms. The zero-order valence-corrected chi connectivity index (χ0v) is 12.3. The van der Waals surface area contributed by atoms with E-state index in [0.717, 1.165) is 10.4 Å². The molecule has 0 radical (unpaired) electrons. The molecule has 0 aliphatic heterocycles. The Kier molecular flexibility index (Phi) is 6.09. The lowest BCUT2D eigenvalue weighted by Gasteiger charge is -2.20. The van der Waals surface area contributed by atoms with Crippen LogP contribution in [0, 0.1) is 5.82 Å². The topological polar surface area (TPSA) is 83.6 Å². The molecule has 0 spiro atoms. The highest BCUT2D eigenvalue weighted by Gasteiger charge is 2.28. The van der Waals surface area contributed by atoms with Crippen LogP contribution in [0.3, 0.4) is 0 Å².